The van der Waals surface area contributed by atoms with E-state index in [0.29, 0.717) is 17.8 Å². The van der Waals surface area contributed by atoms with Gasteiger partial charge in [0, 0.05) is 18.2 Å². The number of nitro groups is 1. The van der Waals surface area contributed by atoms with E-state index in [-0.39, 0.29) is 23.8 Å². The van der Waals surface area contributed by atoms with E-state index in [9.17, 15) is 14.9 Å². The van der Waals surface area contributed by atoms with E-state index < -0.39 is 10.9 Å². The maximum atomic E-state index is 11.4. The van der Waals surface area contributed by atoms with E-state index in [2.05, 4.69) is 10.1 Å². The van der Waals surface area contributed by atoms with E-state index in [0.717, 1.165) is 0 Å². The Hall–Kier alpha value is -2.31. The highest BCUT2D eigenvalue weighted by atomic mass is 16.6. The molecule has 1 aliphatic heterocycles. The largest absolute Gasteiger partial charge is 0.490 e. The van der Waals surface area contributed by atoms with Crippen LogP contribution in [0, 0.1) is 10.1 Å². The average molecular weight is 266 g/mol. The number of fused-ring (bicyclic) bond motifs is 1. The molecule has 1 unspecified atom stereocenters. The minimum atomic E-state index is -0.477. The summed E-state index contributed by atoms with van der Waals surface area (Å²) in [6, 6.07) is 3.27. The highest BCUT2D eigenvalue weighted by Gasteiger charge is 2.35. The predicted molar refractivity (Wildman–Crippen MR) is 67.5 cm³/mol. The van der Waals surface area contributed by atoms with E-state index in [4.69, 9.17) is 4.74 Å². The first-order chi connectivity index (χ1) is 9.08. The molecule has 0 aromatic heterocycles. The second-order valence-electron chi connectivity index (χ2n) is 4.19. The van der Waals surface area contributed by atoms with Crippen LogP contribution in [0.5, 0.6) is 5.75 Å². The van der Waals surface area contributed by atoms with Crippen molar-refractivity contribution in [3.8, 4) is 5.75 Å². The van der Waals surface area contributed by atoms with Gasteiger partial charge in [0.05, 0.1) is 31.1 Å². The van der Waals surface area contributed by atoms with E-state index in [1.807, 2.05) is 0 Å². The standard InChI is InChI=1S/C12H14N2O5/c1-18-9-4-3-8-11(12(9)14(16)17)7(6-13-8)5-10(15)19-2/h3-4,7,13H,5-6H2,1-2H3. The van der Waals surface area contributed by atoms with Crippen LogP contribution in [0.2, 0.25) is 0 Å². The number of nitrogens with zero attached hydrogens (tertiary/aromatic N) is 1. The van der Waals surface area contributed by atoms with Crippen molar-refractivity contribution in [1.82, 2.24) is 0 Å². The third kappa shape index (κ3) is 2.31. The molecular weight excluding hydrogens is 252 g/mol. The second-order valence-corrected chi connectivity index (χ2v) is 4.19. The van der Waals surface area contributed by atoms with Crippen LogP contribution in [0.1, 0.15) is 17.9 Å². The van der Waals surface area contributed by atoms with Gasteiger partial charge in [-0.3, -0.25) is 14.9 Å². The molecule has 2 rings (SSSR count). The van der Waals surface area contributed by atoms with Gasteiger partial charge in [-0.1, -0.05) is 0 Å². The first-order valence-corrected chi connectivity index (χ1v) is 5.74. The molecule has 1 aromatic rings. The number of esters is 1. The van der Waals surface area contributed by atoms with Crippen LogP contribution < -0.4 is 10.1 Å². The lowest BCUT2D eigenvalue weighted by molar-refractivity contribution is -0.386. The van der Waals surface area contributed by atoms with Gasteiger partial charge in [0.1, 0.15) is 0 Å². The number of carbonyl (C=O) groups is 1. The molecule has 7 nitrogen and oxygen atoms in total. The maximum Gasteiger partial charge on any atom is 0.316 e. The van der Waals surface area contributed by atoms with Crippen molar-refractivity contribution in [3.63, 3.8) is 0 Å². The van der Waals surface area contributed by atoms with E-state index >= 15 is 0 Å². The highest BCUT2D eigenvalue weighted by Crippen LogP contribution is 2.44. The Balaban J connectivity index is 2.46. The van der Waals surface area contributed by atoms with Gasteiger partial charge in [-0.25, -0.2) is 0 Å². The smallest absolute Gasteiger partial charge is 0.316 e. The molecule has 19 heavy (non-hydrogen) atoms. The van der Waals surface area contributed by atoms with Gasteiger partial charge in [0.25, 0.3) is 0 Å². The molecule has 7 heteroatoms. The second kappa shape index (κ2) is 5.13. The van der Waals surface area contributed by atoms with Crippen molar-refractivity contribution < 1.29 is 19.2 Å². The number of anilines is 1. The van der Waals surface area contributed by atoms with Gasteiger partial charge in [-0.15, -0.1) is 0 Å². The van der Waals surface area contributed by atoms with Crippen LogP contribution in [0.25, 0.3) is 0 Å². The lowest BCUT2D eigenvalue weighted by Gasteiger charge is -2.10. The van der Waals surface area contributed by atoms with Gasteiger partial charge >= 0.3 is 11.7 Å². The van der Waals surface area contributed by atoms with Gasteiger partial charge < -0.3 is 14.8 Å². The molecular formula is C12H14N2O5. The zero-order valence-electron chi connectivity index (χ0n) is 10.6. The predicted octanol–water partition coefficient (Wildman–Crippen LogP) is 1.68. The number of hydrogen-bond donors (Lipinski definition) is 1. The number of nitro benzene ring substituents is 1. The summed E-state index contributed by atoms with van der Waals surface area (Å²) in [5.74, 6) is -0.475. The molecule has 0 fully saturated rings. The van der Waals surface area contributed by atoms with Crippen LogP contribution >= 0.6 is 0 Å². The molecule has 0 radical (unpaired) electrons. The van der Waals surface area contributed by atoms with E-state index in [1.54, 1.807) is 12.1 Å². The molecule has 1 N–H and O–H groups in total. The van der Waals surface area contributed by atoms with Crippen molar-refractivity contribution >= 4 is 17.3 Å². The molecule has 0 aliphatic carbocycles. The molecule has 1 atom stereocenters. The molecule has 0 saturated carbocycles. The first kappa shape index (κ1) is 13.1. The average Bonchev–Trinajstić information content (AvgIpc) is 2.80. The summed E-state index contributed by atoms with van der Waals surface area (Å²) in [5.41, 5.74) is 1.09. The molecule has 1 aliphatic rings. The SMILES string of the molecule is COC(=O)CC1CNc2ccc(OC)c([N+](=O)[O-])c21. The molecule has 0 amide bonds. The number of benzene rings is 1. The number of methoxy groups -OCH3 is 2. The zero-order chi connectivity index (χ0) is 14.0. The van der Waals surface area contributed by atoms with Crippen LogP contribution in [0.4, 0.5) is 11.4 Å². The monoisotopic (exact) mass is 266 g/mol. The summed E-state index contributed by atoms with van der Waals surface area (Å²) >= 11 is 0. The number of hydrogen-bond acceptors (Lipinski definition) is 6. The molecule has 0 spiro atoms. The maximum absolute atomic E-state index is 11.4. The van der Waals surface area contributed by atoms with Crippen LogP contribution in [0.3, 0.4) is 0 Å². The number of ether oxygens (including phenoxy) is 2. The van der Waals surface area contributed by atoms with Crippen LogP contribution in [-0.4, -0.2) is 31.7 Å². The van der Waals surface area contributed by atoms with Gasteiger partial charge in [-0.2, -0.15) is 0 Å². The van der Waals surface area contributed by atoms with Crippen molar-refractivity contribution in [2.24, 2.45) is 0 Å². The fourth-order valence-corrected chi connectivity index (χ4v) is 2.30. The summed E-state index contributed by atoms with van der Waals surface area (Å²) in [4.78, 5) is 22.1. The number of carbonyl (C=O) groups excluding carboxylic acids is 1. The van der Waals surface area contributed by atoms with Gasteiger partial charge in [0.15, 0.2) is 5.75 Å². The summed E-state index contributed by atoms with van der Waals surface area (Å²) in [6.07, 6.45) is 0.102. The van der Waals surface area contributed by atoms with Crippen molar-refractivity contribution in [1.29, 1.82) is 0 Å². The lowest BCUT2D eigenvalue weighted by atomic mass is 9.96. The minimum absolute atomic E-state index is 0.0843. The Morgan fingerprint density at radius 1 is 1.53 bits per heavy atom. The third-order valence-electron chi connectivity index (χ3n) is 3.17. The Morgan fingerprint density at radius 2 is 2.26 bits per heavy atom. The van der Waals surface area contributed by atoms with Crippen molar-refractivity contribution in [3.05, 3.63) is 27.8 Å². The summed E-state index contributed by atoms with van der Waals surface area (Å²) < 4.78 is 9.64. The van der Waals surface area contributed by atoms with Gasteiger partial charge in [-0.05, 0) is 12.1 Å². The number of rotatable bonds is 4. The number of nitrogens with one attached hydrogen (secondary N) is 1. The molecule has 0 bridgehead atoms. The van der Waals surface area contributed by atoms with Crippen LogP contribution in [-0.2, 0) is 9.53 Å². The van der Waals surface area contributed by atoms with Crippen molar-refractivity contribution in [2.75, 3.05) is 26.1 Å². The Kier molecular flexibility index (Phi) is 3.55. The first-order valence-electron chi connectivity index (χ1n) is 5.74. The molecule has 1 heterocycles. The molecule has 102 valence electrons. The van der Waals surface area contributed by atoms with Crippen LogP contribution in [0.15, 0.2) is 12.1 Å². The Morgan fingerprint density at radius 3 is 2.84 bits per heavy atom. The normalized spacial score (nSPS) is 16.4. The summed E-state index contributed by atoms with van der Waals surface area (Å²) in [6.45, 7) is 0.471. The fourth-order valence-electron chi connectivity index (χ4n) is 2.30. The summed E-state index contributed by atoms with van der Waals surface area (Å²) in [7, 11) is 2.68. The quantitative estimate of drug-likeness (QED) is 0.506. The highest BCUT2D eigenvalue weighted by molar-refractivity contribution is 5.76. The van der Waals surface area contributed by atoms with E-state index in [1.165, 1.54) is 14.2 Å². The lowest BCUT2D eigenvalue weighted by Crippen LogP contribution is -2.11. The van der Waals surface area contributed by atoms with Crippen molar-refractivity contribution in [2.45, 2.75) is 12.3 Å². The third-order valence-corrected chi connectivity index (χ3v) is 3.17. The topological polar surface area (TPSA) is 90.7 Å². The van der Waals surface area contributed by atoms with Gasteiger partial charge in [0.2, 0.25) is 0 Å². The minimum Gasteiger partial charge on any atom is -0.490 e. The molecule has 1 aromatic carbocycles. The Labute approximate surface area is 109 Å². The molecule has 0 saturated heterocycles. The fraction of sp³-hybridized carbons (Fsp3) is 0.417. The summed E-state index contributed by atoms with van der Waals surface area (Å²) in [5, 5.41) is 14.3. The Bertz CT molecular complexity index is 529. The zero-order valence-corrected chi connectivity index (χ0v) is 10.6.